The van der Waals surface area contributed by atoms with E-state index in [1.54, 1.807) is 0 Å². The molecule has 0 saturated heterocycles. The molecule has 0 saturated carbocycles. The molecular weight excluding hydrogens is 271 g/mol. The number of hydrogen-bond acceptors (Lipinski definition) is 5. The van der Waals surface area contributed by atoms with Gasteiger partial charge in [-0.15, -0.1) is 0 Å². The first-order valence-electron chi connectivity index (χ1n) is 4.33. The third-order valence-corrected chi connectivity index (χ3v) is 3.77. The van der Waals surface area contributed by atoms with Crippen LogP contribution in [0.15, 0.2) is 23.1 Å². The molecule has 98 valence electrons. The summed E-state index contributed by atoms with van der Waals surface area (Å²) in [5, 5.41) is 19.0. The molecule has 0 aromatic heterocycles. The van der Waals surface area contributed by atoms with E-state index in [4.69, 9.17) is 5.11 Å². The average molecular weight is 278 g/mol. The van der Waals surface area contributed by atoms with E-state index in [2.05, 4.69) is 0 Å². The Balaban J connectivity index is 3.39. The number of amides is 1. The third-order valence-electron chi connectivity index (χ3n) is 2.04. The van der Waals surface area contributed by atoms with E-state index in [1.807, 2.05) is 0 Å². The van der Waals surface area contributed by atoms with Crippen LogP contribution < -0.4 is 0 Å². The molecule has 0 heterocycles. The minimum Gasteiger partial charge on any atom is -0.464 e. The van der Waals surface area contributed by atoms with Crippen LogP contribution in [-0.4, -0.2) is 35.9 Å². The lowest BCUT2D eigenvalue weighted by molar-refractivity contribution is -0.387. The van der Waals surface area contributed by atoms with Crippen LogP contribution in [-0.2, 0) is 10.0 Å². The van der Waals surface area contributed by atoms with E-state index in [1.165, 1.54) is 0 Å². The number of nitrogens with zero attached hydrogens (tertiary/aromatic N) is 2. The van der Waals surface area contributed by atoms with Crippen molar-refractivity contribution in [3.05, 3.63) is 34.1 Å². The number of benzene rings is 1. The van der Waals surface area contributed by atoms with Crippen molar-refractivity contribution in [3.8, 4) is 0 Å². The molecule has 1 N–H and O–H groups in total. The van der Waals surface area contributed by atoms with Crippen LogP contribution in [0.25, 0.3) is 0 Å². The number of rotatable bonds is 3. The molecule has 1 amide bonds. The van der Waals surface area contributed by atoms with Gasteiger partial charge in [0, 0.05) is 13.1 Å². The maximum atomic E-state index is 13.0. The number of nitro benzene ring substituents is 1. The molecule has 0 aliphatic rings. The molecule has 0 bridgehead atoms. The fraction of sp³-hybridized carbons (Fsp3) is 0.125. The van der Waals surface area contributed by atoms with Crippen LogP contribution in [0.1, 0.15) is 0 Å². The summed E-state index contributed by atoms with van der Waals surface area (Å²) in [6, 6.07) is 1.79. The lowest BCUT2D eigenvalue weighted by atomic mass is 10.3. The Kier molecular flexibility index (Phi) is 3.51. The number of carboxylic acid groups (broad SMARTS) is 1. The number of halogens is 1. The molecule has 0 fully saturated rings. The normalized spacial score (nSPS) is 11.0. The summed E-state index contributed by atoms with van der Waals surface area (Å²) in [5.74, 6) is -1.21. The average Bonchev–Trinajstić information content (AvgIpc) is 2.27. The summed E-state index contributed by atoms with van der Waals surface area (Å²) in [4.78, 5) is 19.2. The minimum atomic E-state index is -4.45. The summed E-state index contributed by atoms with van der Waals surface area (Å²) in [7, 11) is -3.69. The van der Waals surface area contributed by atoms with Gasteiger partial charge in [0.05, 0.1) is 9.82 Å². The molecule has 18 heavy (non-hydrogen) atoms. The topological polar surface area (TPSA) is 118 Å². The van der Waals surface area contributed by atoms with E-state index in [9.17, 15) is 27.7 Å². The van der Waals surface area contributed by atoms with E-state index < -0.39 is 37.4 Å². The first kappa shape index (κ1) is 13.8. The molecule has 8 nitrogen and oxygen atoms in total. The number of sulfonamides is 1. The highest BCUT2D eigenvalue weighted by atomic mass is 32.2. The summed E-state index contributed by atoms with van der Waals surface area (Å²) < 4.78 is 36.3. The Labute approximate surface area is 100 Å². The lowest BCUT2D eigenvalue weighted by Crippen LogP contribution is -2.31. The predicted molar refractivity (Wildman–Crippen MR) is 56.0 cm³/mol. The first-order valence-corrected chi connectivity index (χ1v) is 5.77. The Morgan fingerprint density at radius 2 is 2.06 bits per heavy atom. The van der Waals surface area contributed by atoms with Gasteiger partial charge in [-0.25, -0.2) is 17.5 Å². The van der Waals surface area contributed by atoms with Crippen molar-refractivity contribution in [1.29, 1.82) is 0 Å². The Morgan fingerprint density at radius 3 is 2.50 bits per heavy atom. The zero-order valence-electron chi connectivity index (χ0n) is 8.90. The van der Waals surface area contributed by atoms with Gasteiger partial charge in [-0.1, -0.05) is 0 Å². The largest absolute Gasteiger partial charge is 0.464 e. The number of carbonyl (C=O) groups is 1. The van der Waals surface area contributed by atoms with Crippen LogP contribution in [0.2, 0.25) is 0 Å². The molecule has 1 aromatic carbocycles. The van der Waals surface area contributed by atoms with Crippen molar-refractivity contribution in [3.63, 3.8) is 0 Å². The minimum absolute atomic E-state index is 0.0238. The summed E-state index contributed by atoms with van der Waals surface area (Å²) in [6.45, 7) is 0. The second kappa shape index (κ2) is 4.56. The van der Waals surface area contributed by atoms with Crippen molar-refractivity contribution in [1.82, 2.24) is 4.31 Å². The molecular formula is C8H7FN2O6S. The zero-order valence-corrected chi connectivity index (χ0v) is 9.72. The summed E-state index contributed by atoms with van der Waals surface area (Å²) >= 11 is 0. The van der Waals surface area contributed by atoms with Crippen LogP contribution in [0, 0.1) is 15.9 Å². The lowest BCUT2D eigenvalue weighted by Gasteiger charge is -2.13. The van der Waals surface area contributed by atoms with Crippen molar-refractivity contribution >= 4 is 21.8 Å². The van der Waals surface area contributed by atoms with Crippen molar-refractivity contribution in [2.24, 2.45) is 0 Å². The molecule has 0 aliphatic heterocycles. The van der Waals surface area contributed by atoms with Gasteiger partial charge in [0.1, 0.15) is 0 Å². The molecule has 0 radical (unpaired) electrons. The Bertz CT molecular complexity index is 614. The quantitative estimate of drug-likeness (QED) is 0.651. The van der Waals surface area contributed by atoms with E-state index in [-0.39, 0.29) is 4.31 Å². The molecule has 1 rings (SSSR count). The highest BCUT2D eigenvalue weighted by Crippen LogP contribution is 2.23. The molecule has 0 atom stereocenters. The molecule has 0 unspecified atom stereocenters. The monoisotopic (exact) mass is 278 g/mol. The fourth-order valence-corrected chi connectivity index (χ4v) is 2.08. The van der Waals surface area contributed by atoms with E-state index >= 15 is 0 Å². The third kappa shape index (κ3) is 2.37. The van der Waals surface area contributed by atoms with Crippen LogP contribution in [0.5, 0.6) is 0 Å². The second-order valence-corrected chi connectivity index (χ2v) is 5.09. The molecule has 0 aliphatic carbocycles. The van der Waals surface area contributed by atoms with Crippen molar-refractivity contribution in [2.75, 3.05) is 7.05 Å². The standard InChI is InChI=1S/C8H7FN2O6S/c1-10(8(12)13)18(16,17)5-2-3-6(9)7(4-5)11(14)15/h2-4H,1H3,(H,12,13). The molecule has 10 heteroatoms. The smallest absolute Gasteiger partial charge is 0.421 e. The van der Waals surface area contributed by atoms with Gasteiger partial charge in [0.25, 0.3) is 10.0 Å². The maximum Gasteiger partial charge on any atom is 0.421 e. The van der Waals surface area contributed by atoms with Crippen LogP contribution >= 0.6 is 0 Å². The Morgan fingerprint density at radius 1 is 1.50 bits per heavy atom. The van der Waals surface area contributed by atoms with Gasteiger partial charge in [-0.3, -0.25) is 10.1 Å². The van der Waals surface area contributed by atoms with Crippen molar-refractivity contribution < 1.29 is 27.6 Å². The van der Waals surface area contributed by atoms with Gasteiger partial charge in [0.15, 0.2) is 0 Å². The zero-order chi connectivity index (χ0) is 14.1. The molecule has 1 aromatic rings. The van der Waals surface area contributed by atoms with E-state index in [0.717, 1.165) is 13.1 Å². The highest BCUT2D eigenvalue weighted by molar-refractivity contribution is 7.89. The van der Waals surface area contributed by atoms with E-state index in [0.29, 0.717) is 12.1 Å². The van der Waals surface area contributed by atoms with Gasteiger partial charge in [-0.2, -0.15) is 4.39 Å². The van der Waals surface area contributed by atoms with Gasteiger partial charge >= 0.3 is 11.8 Å². The van der Waals surface area contributed by atoms with Crippen LogP contribution in [0.3, 0.4) is 0 Å². The first-order chi connectivity index (χ1) is 8.17. The number of nitro groups is 1. The van der Waals surface area contributed by atoms with Crippen LogP contribution in [0.4, 0.5) is 14.9 Å². The van der Waals surface area contributed by atoms with Crippen molar-refractivity contribution in [2.45, 2.75) is 4.90 Å². The SMILES string of the molecule is CN(C(=O)O)S(=O)(=O)c1ccc(F)c([N+](=O)[O-])c1. The van der Waals surface area contributed by atoms with Gasteiger partial charge in [0.2, 0.25) is 5.82 Å². The highest BCUT2D eigenvalue weighted by Gasteiger charge is 2.28. The number of hydrogen-bond donors (Lipinski definition) is 1. The van der Waals surface area contributed by atoms with Gasteiger partial charge < -0.3 is 5.11 Å². The molecule has 0 spiro atoms. The predicted octanol–water partition coefficient (Wildman–Crippen LogP) is 1.03. The summed E-state index contributed by atoms with van der Waals surface area (Å²) in [5.41, 5.74) is -1.05. The summed E-state index contributed by atoms with van der Waals surface area (Å²) in [6.07, 6.45) is -1.76. The Hall–Kier alpha value is -2.23. The van der Waals surface area contributed by atoms with Gasteiger partial charge in [-0.05, 0) is 12.1 Å². The fourth-order valence-electron chi connectivity index (χ4n) is 1.05. The second-order valence-electron chi connectivity index (χ2n) is 3.13. The maximum absolute atomic E-state index is 13.0.